The van der Waals surface area contributed by atoms with Crippen LogP contribution in [0.25, 0.3) is 0 Å². The van der Waals surface area contributed by atoms with E-state index in [1.807, 2.05) is 18.3 Å². The monoisotopic (exact) mass is 309 g/mol. The number of rotatable bonds is 4. The van der Waals surface area contributed by atoms with Crippen molar-refractivity contribution in [2.75, 3.05) is 17.6 Å². The van der Waals surface area contributed by atoms with Gasteiger partial charge in [-0.15, -0.1) is 0 Å². The molecule has 0 fully saturated rings. The van der Waals surface area contributed by atoms with Gasteiger partial charge in [-0.05, 0) is 40.0 Å². The van der Waals surface area contributed by atoms with Gasteiger partial charge in [-0.25, -0.2) is 4.39 Å². The van der Waals surface area contributed by atoms with Gasteiger partial charge in [-0.3, -0.25) is 4.98 Å². The van der Waals surface area contributed by atoms with Gasteiger partial charge in [-0.2, -0.15) is 0 Å². The van der Waals surface area contributed by atoms with Crippen LogP contribution in [0.15, 0.2) is 41.1 Å². The lowest BCUT2D eigenvalue weighted by Crippen LogP contribution is -2.07. The fraction of sp³-hybridized carbons (Fsp3) is 0.154. The Balaban J connectivity index is 1.97. The van der Waals surface area contributed by atoms with E-state index in [9.17, 15) is 4.39 Å². The van der Waals surface area contributed by atoms with Crippen molar-refractivity contribution in [3.63, 3.8) is 0 Å². The van der Waals surface area contributed by atoms with Crippen molar-refractivity contribution in [1.82, 2.24) is 4.98 Å². The number of halogens is 2. The van der Waals surface area contributed by atoms with Crippen LogP contribution >= 0.6 is 15.9 Å². The van der Waals surface area contributed by atoms with Crippen molar-refractivity contribution in [2.24, 2.45) is 0 Å². The van der Waals surface area contributed by atoms with Gasteiger partial charge in [0.15, 0.2) is 0 Å². The van der Waals surface area contributed by atoms with E-state index in [1.165, 1.54) is 6.07 Å². The minimum atomic E-state index is -0.326. The molecular weight excluding hydrogens is 297 g/mol. The van der Waals surface area contributed by atoms with Gasteiger partial charge in [0.1, 0.15) is 5.82 Å². The smallest absolute Gasteiger partial charge is 0.139 e. The third-order valence-electron chi connectivity index (χ3n) is 2.54. The number of nitrogens with two attached hydrogens (primary N) is 1. The summed E-state index contributed by atoms with van der Waals surface area (Å²) in [6.45, 7) is 0.678. The van der Waals surface area contributed by atoms with E-state index in [2.05, 4.69) is 26.2 Å². The van der Waals surface area contributed by atoms with Gasteiger partial charge >= 0.3 is 0 Å². The molecule has 0 aliphatic carbocycles. The Morgan fingerprint density at radius 1 is 1.39 bits per heavy atom. The van der Waals surface area contributed by atoms with Crippen molar-refractivity contribution < 1.29 is 4.39 Å². The molecular formula is C13H13BrFN3. The minimum Gasteiger partial charge on any atom is -0.397 e. The van der Waals surface area contributed by atoms with Crippen molar-refractivity contribution in [3.8, 4) is 0 Å². The fourth-order valence-electron chi connectivity index (χ4n) is 1.60. The summed E-state index contributed by atoms with van der Waals surface area (Å²) in [5, 5.41) is 3.12. The van der Waals surface area contributed by atoms with E-state index in [4.69, 9.17) is 5.73 Å². The summed E-state index contributed by atoms with van der Waals surface area (Å²) < 4.78 is 13.7. The number of hydrogen-bond donors (Lipinski definition) is 2. The SMILES string of the molecule is Nc1cc(Br)c(F)cc1NCCc1cccnc1. The molecule has 3 N–H and O–H groups in total. The van der Waals surface area contributed by atoms with Crippen LogP contribution in [0.3, 0.4) is 0 Å². The van der Waals surface area contributed by atoms with Gasteiger partial charge in [-0.1, -0.05) is 6.07 Å². The molecule has 0 spiro atoms. The number of benzene rings is 1. The van der Waals surface area contributed by atoms with E-state index in [0.717, 1.165) is 12.0 Å². The summed E-state index contributed by atoms with van der Waals surface area (Å²) in [7, 11) is 0. The number of hydrogen-bond acceptors (Lipinski definition) is 3. The van der Waals surface area contributed by atoms with E-state index < -0.39 is 0 Å². The number of anilines is 2. The molecule has 5 heteroatoms. The maximum atomic E-state index is 13.4. The van der Waals surface area contributed by atoms with Gasteiger partial charge in [0.2, 0.25) is 0 Å². The minimum absolute atomic E-state index is 0.326. The molecule has 2 rings (SSSR count). The molecule has 0 saturated carbocycles. The zero-order chi connectivity index (χ0) is 13.0. The van der Waals surface area contributed by atoms with Gasteiger partial charge in [0, 0.05) is 25.0 Å². The summed E-state index contributed by atoms with van der Waals surface area (Å²) in [5.41, 5.74) is 8.06. The topological polar surface area (TPSA) is 50.9 Å². The van der Waals surface area contributed by atoms with E-state index in [0.29, 0.717) is 22.4 Å². The van der Waals surface area contributed by atoms with Crippen LogP contribution in [-0.4, -0.2) is 11.5 Å². The predicted molar refractivity (Wildman–Crippen MR) is 74.9 cm³/mol. The normalized spacial score (nSPS) is 10.3. The van der Waals surface area contributed by atoms with Crippen molar-refractivity contribution in [2.45, 2.75) is 6.42 Å². The number of nitrogen functional groups attached to an aromatic ring is 1. The Labute approximate surface area is 113 Å². The molecule has 3 nitrogen and oxygen atoms in total. The van der Waals surface area contributed by atoms with E-state index >= 15 is 0 Å². The first-order valence-electron chi connectivity index (χ1n) is 5.54. The van der Waals surface area contributed by atoms with Crippen LogP contribution in [0, 0.1) is 5.82 Å². The summed E-state index contributed by atoms with van der Waals surface area (Å²) in [5.74, 6) is -0.326. The quantitative estimate of drug-likeness (QED) is 0.853. The first kappa shape index (κ1) is 12.8. The number of aromatic nitrogens is 1. The zero-order valence-electron chi connectivity index (χ0n) is 9.66. The van der Waals surface area contributed by atoms with Crippen molar-refractivity contribution in [3.05, 3.63) is 52.5 Å². The molecule has 2 aromatic rings. The molecule has 1 aromatic carbocycles. The molecule has 0 saturated heterocycles. The third kappa shape index (κ3) is 3.20. The number of pyridine rings is 1. The highest BCUT2D eigenvalue weighted by molar-refractivity contribution is 9.10. The average molecular weight is 310 g/mol. The Hall–Kier alpha value is -1.62. The largest absolute Gasteiger partial charge is 0.397 e. The average Bonchev–Trinajstić information content (AvgIpc) is 2.37. The molecule has 0 amide bonds. The highest BCUT2D eigenvalue weighted by Crippen LogP contribution is 2.26. The van der Waals surface area contributed by atoms with Crippen molar-refractivity contribution in [1.29, 1.82) is 0 Å². The second-order valence-electron chi connectivity index (χ2n) is 3.89. The van der Waals surface area contributed by atoms with Crippen LogP contribution in [-0.2, 0) is 6.42 Å². The standard InChI is InChI=1S/C13H13BrFN3/c14-10-6-12(16)13(7-11(10)15)18-5-3-9-2-1-4-17-8-9/h1-2,4,6-8,18H,3,5,16H2. The lowest BCUT2D eigenvalue weighted by atomic mass is 10.2. The lowest BCUT2D eigenvalue weighted by Gasteiger charge is -2.10. The van der Waals surface area contributed by atoms with Gasteiger partial charge < -0.3 is 11.1 Å². The molecule has 0 radical (unpaired) electrons. The molecule has 0 bridgehead atoms. The summed E-state index contributed by atoms with van der Waals surface area (Å²) >= 11 is 3.09. The summed E-state index contributed by atoms with van der Waals surface area (Å²) in [6, 6.07) is 6.84. The lowest BCUT2D eigenvalue weighted by molar-refractivity contribution is 0.622. The highest BCUT2D eigenvalue weighted by atomic mass is 79.9. The summed E-state index contributed by atoms with van der Waals surface area (Å²) in [6.07, 6.45) is 4.36. The first-order valence-corrected chi connectivity index (χ1v) is 6.33. The Morgan fingerprint density at radius 2 is 2.22 bits per heavy atom. The molecule has 1 aromatic heterocycles. The Bertz CT molecular complexity index is 531. The number of nitrogens with zero attached hydrogens (tertiary/aromatic N) is 1. The second kappa shape index (κ2) is 5.82. The first-order chi connectivity index (χ1) is 8.66. The van der Waals surface area contributed by atoms with Gasteiger partial charge in [0.25, 0.3) is 0 Å². The van der Waals surface area contributed by atoms with Crippen LogP contribution in [0.2, 0.25) is 0 Å². The molecule has 0 atom stereocenters. The molecule has 0 unspecified atom stereocenters. The molecule has 0 aliphatic heterocycles. The van der Waals surface area contributed by atoms with Crippen LogP contribution in [0.1, 0.15) is 5.56 Å². The highest BCUT2D eigenvalue weighted by Gasteiger charge is 2.05. The Kier molecular flexibility index (Phi) is 4.15. The predicted octanol–water partition coefficient (Wildman–Crippen LogP) is 3.22. The van der Waals surface area contributed by atoms with Crippen molar-refractivity contribution >= 4 is 27.3 Å². The Morgan fingerprint density at radius 3 is 2.94 bits per heavy atom. The van der Waals surface area contributed by atoms with Gasteiger partial charge in [0.05, 0.1) is 15.8 Å². The second-order valence-corrected chi connectivity index (χ2v) is 4.75. The molecule has 18 heavy (non-hydrogen) atoms. The van der Waals surface area contributed by atoms with Crippen LogP contribution in [0.5, 0.6) is 0 Å². The molecule has 1 heterocycles. The molecule has 0 aliphatic rings. The van der Waals surface area contributed by atoms with Crippen LogP contribution < -0.4 is 11.1 Å². The number of nitrogens with one attached hydrogen (secondary N) is 1. The van der Waals surface area contributed by atoms with E-state index in [1.54, 1.807) is 12.3 Å². The molecule has 94 valence electrons. The maximum absolute atomic E-state index is 13.4. The zero-order valence-corrected chi connectivity index (χ0v) is 11.2. The fourth-order valence-corrected chi connectivity index (χ4v) is 1.96. The van der Waals surface area contributed by atoms with Crippen LogP contribution in [0.4, 0.5) is 15.8 Å². The van der Waals surface area contributed by atoms with E-state index in [-0.39, 0.29) is 5.82 Å². The third-order valence-corrected chi connectivity index (χ3v) is 3.15. The maximum Gasteiger partial charge on any atom is 0.139 e. The summed E-state index contributed by atoms with van der Waals surface area (Å²) in [4.78, 5) is 4.03.